The van der Waals surface area contributed by atoms with E-state index in [1.165, 1.54) is 6.42 Å². The van der Waals surface area contributed by atoms with Crippen LogP contribution in [0.2, 0.25) is 0 Å². The van der Waals surface area contributed by atoms with Gasteiger partial charge in [0.25, 0.3) is 0 Å². The van der Waals surface area contributed by atoms with Crippen LogP contribution in [-0.2, 0) is 6.61 Å². The number of anilines is 1. The molecule has 0 radical (unpaired) electrons. The van der Waals surface area contributed by atoms with Crippen molar-refractivity contribution in [2.45, 2.75) is 46.1 Å². The third-order valence-corrected chi connectivity index (χ3v) is 5.22. The van der Waals surface area contributed by atoms with E-state index in [9.17, 15) is 5.11 Å². The number of thiazole rings is 1. The summed E-state index contributed by atoms with van der Waals surface area (Å²) in [7, 11) is 2.12. The van der Waals surface area contributed by atoms with Gasteiger partial charge in [-0.1, -0.05) is 32.1 Å². The maximum atomic E-state index is 9.45. The zero-order valence-corrected chi connectivity index (χ0v) is 12.6. The van der Waals surface area contributed by atoms with Crippen molar-refractivity contribution < 1.29 is 5.11 Å². The van der Waals surface area contributed by atoms with Crippen LogP contribution in [0.25, 0.3) is 0 Å². The van der Waals surface area contributed by atoms with Gasteiger partial charge in [-0.25, -0.2) is 4.98 Å². The first-order valence-corrected chi connectivity index (χ1v) is 7.70. The molecule has 0 aliphatic heterocycles. The lowest BCUT2D eigenvalue weighted by atomic mass is 10.0. The number of aromatic nitrogens is 1. The monoisotopic (exact) mass is 268 g/mol. The molecule has 1 aliphatic rings. The van der Waals surface area contributed by atoms with Crippen molar-refractivity contribution >= 4 is 16.5 Å². The van der Waals surface area contributed by atoms with E-state index in [4.69, 9.17) is 4.98 Å². The molecule has 18 heavy (non-hydrogen) atoms. The highest BCUT2D eigenvalue weighted by atomic mass is 32.1. The number of hydrogen-bond donors (Lipinski definition) is 1. The molecule has 0 bridgehead atoms. The van der Waals surface area contributed by atoms with Crippen molar-refractivity contribution in [2.24, 2.45) is 11.8 Å². The molecule has 3 unspecified atom stereocenters. The molecule has 1 saturated carbocycles. The molecular formula is C14H24N2OS. The minimum absolute atomic E-state index is 0.116. The second-order valence-electron chi connectivity index (χ2n) is 5.63. The van der Waals surface area contributed by atoms with Gasteiger partial charge in [0.15, 0.2) is 5.13 Å². The normalized spacial score (nSPS) is 24.1. The summed E-state index contributed by atoms with van der Waals surface area (Å²) in [4.78, 5) is 8.03. The first-order valence-electron chi connectivity index (χ1n) is 6.88. The van der Waals surface area contributed by atoms with Crippen molar-refractivity contribution in [3.63, 3.8) is 0 Å². The van der Waals surface area contributed by atoms with Gasteiger partial charge in [0, 0.05) is 13.6 Å². The zero-order chi connectivity index (χ0) is 13.3. The summed E-state index contributed by atoms with van der Waals surface area (Å²) < 4.78 is 0. The molecule has 1 heterocycles. The van der Waals surface area contributed by atoms with E-state index in [1.807, 2.05) is 0 Å². The van der Waals surface area contributed by atoms with Crippen LogP contribution >= 0.6 is 11.3 Å². The summed E-state index contributed by atoms with van der Waals surface area (Å²) in [5.41, 5.74) is 1.09. The largest absolute Gasteiger partial charge is 0.391 e. The summed E-state index contributed by atoms with van der Waals surface area (Å²) in [5.74, 6) is 2.15. The van der Waals surface area contributed by atoms with Gasteiger partial charge in [-0.15, -0.1) is 0 Å². The Morgan fingerprint density at radius 3 is 2.72 bits per heavy atom. The molecule has 1 fully saturated rings. The molecule has 1 aromatic rings. The molecular weight excluding hydrogens is 244 g/mol. The van der Waals surface area contributed by atoms with Crippen LogP contribution in [0.4, 0.5) is 5.13 Å². The highest BCUT2D eigenvalue weighted by Gasteiger charge is 2.33. The molecule has 0 amide bonds. The second kappa shape index (κ2) is 5.57. The van der Waals surface area contributed by atoms with E-state index in [2.05, 4.69) is 32.7 Å². The summed E-state index contributed by atoms with van der Waals surface area (Å²) in [5, 5.41) is 10.5. The Balaban J connectivity index is 2.10. The molecule has 3 atom stereocenters. The lowest BCUT2D eigenvalue weighted by molar-refractivity contribution is 0.283. The van der Waals surface area contributed by atoms with E-state index >= 15 is 0 Å². The molecule has 0 aromatic carbocycles. The average molecular weight is 268 g/mol. The molecule has 3 nitrogen and oxygen atoms in total. The Hall–Kier alpha value is -0.610. The summed E-state index contributed by atoms with van der Waals surface area (Å²) in [6.07, 6.45) is 2.42. The molecule has 102 valence electrons. The quantitative estimate of drug-likeness (QED) is 0.860. The van der Waals surface area contributed by atoms with Crippen molar-refractivity contribution in [1.82, 2.24) is 4.98 Å². The van der Waals surface area contributed by atoms with Crippen LogP contribution in [0, 0.1) is 11.8 Å². The Kier molecular flexibility index (Phi) is 4.28. The maximum Gasteiger partial charge on any atom is 0.185 e. The smallest absolute Gasteiger partial charge is 0.185 e. The maximum absolute atomic E-state index is 9.45. The Bertz CT molecular complexity index is 404. The second-order valence-corrected chi connectivity index (χ2v) is 6.69. The van der Waals surface area contributed by atoms with Crippen molar-refractivity contribution in [2.75, 3.05) is 18.5 Å². The van der Waals surface area contributed by atoms with Gasteiger partial charge in [0.2, 0.25) is 0 Å². The Labute approximate surface area is 114 Å². The van der Waals surface area contributed by atoms with Gasteiger partial charge in [-0.2, -0.15) is 0 Å². The van der Waals surface area contributed by atoms with E-state index in [0.717, 1.165) is 40.5 Å². The van der Waals surface area contributed by atoms with Crippen LogP contribution in [0.1, 0.15) is 50.1 Å². The fraction of sp³-hybridized carbons (Fsp3) is 0.786. The highest BCUT2D eigenvalue weighted by molar-refractivity contribution is 7.15. The van der Waals surface area contributed by atoms with Crippen molar-refractivity contribution in [1.29, 1.82) is 0 Å². The van der Waals surface area contributed by atoms with Crippen molar-refractivity contribution in [3.05, 3.63) is 10.6 Å². The Morgan fingerprint density at radius 1 is 1.56 bits per heavy atom. The van der Waals surface area contributed by atoms with Gasteiger partial charge in [0.05, 0.1) is 17.2 Å². The summed E-state index contributed by atoms with van der Waals surface area (Å²) in [6, 6.07) is 0. The fourth-order valence-corrected chi connectivity index (χ4v) is 3.30. The first-order chi connectivity index (χ1) is 8.56. The predicted molar refractivity (Wildman–Crippen MR) is 77.3 cm³/mol. The SMILES string of the molecule is CCC(C)c1nc(N(C)CC2CC2C)sc1CO. The summed E-state index contributed by atoms with van der Waals surface area (Å²) in [6.45, 7) is 7.87. The number of aliphatic hydroxyl groups is 1. The van der Waals surface area contributed by atoms with Crippen LogP contribution in [-0.4, -0.2) is 23.7 Å². The van der Waals surface area contributed by atoms with Gasteiger partial charge < -0.3 is 10.0 Å². The van der Waals surface area contributed by atoms with Crippen LogP contribution in [0.3, 0.4) is 0 Å². The standard InChI is InChI=1S/C14H24N2OS/c1-5-9(2)13-12(8-17)18-14(15-13)16(4)7-11-6-10(11)3/h9-11,17H,5-8H2,1-4H3. The van der Waals surface area contributed by atoms with Crippen LogP contribution in [0.15, 0.2) is 0 Å². The number of rotatable bonds is 6. The molecule has 2 rings (SSSR count). The number of hydrogen-bond acceptors (Lipinski definition) is 4. The van der Waals surface area contributed by atoms with Crippen LogP contribution in [0.5, 0.6) is 0 Å². The number of nitrogens with zero attached hydrogens (tertiary/aromatic N) is 2. The third-order valence-electron chi connectivity index (χ3n) is 4.05. The average Bonchev–Trinajstić information content (AvgIpc) is 2.91. The fourth-order valence-electron chi connectivity index (χ4n) is 2.29. The molecule has 1 N–H and O–H groups in total. The lowest BCUT2D eigenvalue weighted by Crippen LogP contribution is -2.20. The minimum Gasteiger partial charge on any atom is -0.391 e. The third kappa shape index (κ3) is 2.86. The summed E-state index contributed by atoms with van der Waals surface area (Å²) >= 11 is 1.65. The van der Waals surface area contributed by atoms with Crippen molar-refractivity contribution in [3.8, 4) is 0 Å². The first kappa shape index (κ1) is 13.8. The molecule has 4 heteroatoms. The molecule has 1 aromatic heterocycles. The van der Waals surface area contributed by atoms with E-state index in [-0.39, 0.29) is 6.61 Å². The molecule has 0 spiro atoms. The molecule has 0 saturated heterocycles. The minimum atomic E-state index is 0.116. The van der Waals surface area contributed by atoms with E-state index in [0.29, 0.717) is 5.92 Å². The van der Waals surface area contributed by atoms with Gasteiger partial charge in [-0.3, -0.25) is 0 Å². The van der Waals surface area contributed by atoms with E-state index < -0.39 is 0 Å². The highest BCUT2D eigenvalue weighted by Crippen LogP contribution is 2.40. The predicted octanol–water partition coefficient (Wildman–Crippen LogP) is 3.24. The van der Waals surface area contributed by atoms with Crippen LogP contribution < -0.4 is 4.90 Å². The Morgan fingerprint density at radius 2 is 2.22 bits per heavy atom. The van der Waals surface area contributed by atoms with Gasteiger partial charge >= 0.3 is 0 Å². The molecule has 1 aliphatic carbocycles. The topological polar surface area (TPSA) is 36.4 Å². The zero-order valence-electron chi connectivity index (χ0n) is 11.8. The van der Waals surface area contributed by atoms with E-state index in [1.54, 1.807) is 11.3 Å². The lowest BCUT2D eigenvalue weighted by Gasteiger charge is -2.15. The van der Waals surface area contributed by atoms with Gasteiger partial charge in [0.1, 0.15) is 0 Å². The number of aliphatic hydroxyl groups excluding tert-OH is 1. The van der Waals surface area contributed by atoms with Gasteiger partial charge in [-0.05, 0) is 30.6 Å².